The Balaban J connectivity index is 1.31. The number of carbonyl (C=O) groups is 2. The summed E-state index contributed by atoms with van der Waals surface area (Å²) in [4.78, 5) is 38.1. The zero-order chi connectivity index (χ0) is 43.8. The van der Waals surface area contributed by atoms with Crippen molar-refractivity contribution in [3.05, 3.63) is 70.8 Å². The minimum atomic E-state index is 0.160. The van der Waals surface area contributed by atoms with Crippen LogP contribution < -0.4 is 0 Å². The molecule has 10 heteroatoms. The lowest BCUT2D eigenvalue weighted by Crippen LogP contribution is -1.86. The van der Waals surface area contributed by atoms with Crippen LogP contribution in [0, 0.1) is 0 Å². The average Bonchev–Trinajstić information content (AvgIpc) is 4.10. The molecule has 6 heterocycles. The van der Waals surface area contributed by atoms with Crippen molar-refractivity contribution in [1.82, 2.24) is 0 Å². The Hall–Kier alpha value is -1.76. The number of aryl methyl sites for hydroxylation is 4. The van der Waals surface area contributed by atoms with Gasteiger partial charge in [-0.05, 0) is 146 Å². The number of carbonyl (C=O) groups excluding carboxylic acids is 2. The summed E-state index contributed by atoms with van der Waals surface area (Å²) in [6.45, 7) is 12.5. The minimum absolute atomic E-state index is 0.160. The Morgan fingerprint density at radius 2 is 0.677 bits per heavy atom. The van der Waals surface area contributed by atoms with Gasteiger partial charge in [-0.2, -0.15) is 0 Å². The lowest BCUT2D eigenvalue weighted by molar-refractivity contribution is -0.109. The quantitative estimate of drug-likeness (QED) is 0.0380. The molecule has 62 heavy (non-hydrogen) atoms. The molecule has 0 saturated carbocycles. The van der Waals surface area contributed by atoms with Gasteiger partial charge in [0.05, 0.1) is 8.42 Å². The van der Waals surface area contributed by atoms with E-state index in [1.165, 1.54) is 197 Å². The maximum atomic E-state index is 12.2. The Bertz CT molecular complexity index is 2140. The highest BCUT2D eigenvalue weighted by molar-refractivity contribution is 8.15. The van der Waals surface area contributed by atoms with Gasteiger partial charge < -0.3 is 0 Å². The summed E-state index contributed by atoms with van der Waals surface area (Å²) in [6, 6.07) is 19.1. The van der Waals surface area contributed by atoms with Crippen LogP contribution in [0.4, 0.5) is 0 Å². The van der Waals surface area contributed by atoms with Crippen molar-refractivity contribution in [1.29, 1.82) is 0 Å². The summed E-state index contributed by atoms with van der Waals surface area (Å²) in [5.74, 6) is 0. The fourth-order valence-electron chi connectivity index (χ4n) is 8.00. The van der Waals surface area contributed by atoms with Crippen molar-refractivity contribution in [3.8, 4) is 48.8 Å². The van der Waals surface area contributed by atoms with E-state index in [0.29, 0.717) is 0 Å². The molecule has 6 aromatic heterocycles. The van der Waals surface area contributed by atoms with Crippen molar-refractivity contribution in [2.24, 2.45) is 0 Å². The topological polar surface area (TPSA) is 34.1 Å². The van der Waals surface area contributed by atoms with Gasteiger partial charge in [-0.3, -0.25) is 9.59 Å². The van der Waals surface area contributed by atoms with Gasteiger partial charge in [-0.15, -0.1) is 68.0 Å². The largest absolute Gasteiger partial charge is 0.287 e. The van der Waals surface area contributed by atoms with Crippen LogP contribution in [0.5, 0.6) is 0 Å². The molecule has 0 aliphatic rings. The maximum Gasteiger partial charge on any atom is 0.191 e. The molecule has 0 atom stereocenters. The molecule has 2 nitrogen and oxygen atoms in total. The molecule has 0 radical (unpaired) electrons. The second-order valence-corrected chi connectivity index (χ2v) is 25.9. The summed E-state index contributed by atoms with van der Waals surface area (Å²) in [7, 11) is 0. The molecule has 0 aliphatic carbocycles. The molecular formula is C52H66O2S8. The Morgan fingerprint density at radius 1 is 0.371 bits per heavy atom. The molecular weight excluding hydrogens is 913 g/mol. The van der Waals surface area contributed by atoms with Crippen LogP contribution in [0.15, 0.2) is 56.9 Å². The fraction of sp³-hybridized carbons (Fsp3) is 0.500. The van der Waals surface area contributed by atoms with E-state index in [1.807, 2.05) is 68.0 Å². The SMILES string of the molecule is CCCCCCc1cc(SC(C)=O)sc1-c1cc(CCCCCC)c(-c2ccc(-c3ccc(-c4sc(-c5sc(SC(C)=O)cc5CCCCCC)cc4CCCCCC)s3)s2)s1. The first-order valence-electron chi connectivity index (χ1n) is 23.3. The van der Waals surface area contributed by atoms with Crippen LogP contribution >= 0.6 is 91.5 Å². The third-order valence-electron chi connectivity index (χ3n) is 11.2. The predicted octanol–water partition coefficient (Wildman–Crippen LogP) is 20.2. The summed E-state index contributed by atoms with van der Waals surface area (Å²) in [5.41, 5.74) is 5.79. The summed E-state index contributed by atoms with van der Waals surface area (Å²) >= 11 is 14.3. The highest BCUT2D eigenvalue weighted by Crippen LogP contribution is 2.51. The number of hydrogen-bond acceptors (Lipinski definition) is 10. The van der Waals surface area contributed by atoms with Gasteiger partial charge in [0.1, 0.15) is 0 Å². The second-order valence-electron chi connectivity index (χ2n) is 16.5. The van der Waals surface area contributed by atoms with Gasteiger partial charge in [0.25, 0.3) is 0 Å². The smallest absolute Gasteiger partial charge is 0.191 e. The molecule has 6 rings (SSSR count). The van der Waals surface area contributed by atoms with Crippen molar-refractivity contribution < 1.29 is 9.59 Å². The fourth-order valence-corrected chi connectivity index (χ4v) is 17.5. The average molecular weight is 980 g/mol. The van der Waals surface area contributed by atoms with Gasteiger partial charge in [0, 0.05) is 62.6 Å². The molecule has 0 aromatic carbocycles. The first-order valence-corrected chi connectivity index (χ1v) is 29.8. The Kier molecular flexibility index (Phi) is 20.7. The first kappa shape index (κ1) is 49.7. The second kappa shape index (κ2) is 25.8. The normalized spacial score (nSPS) is 11.6. The standard InChI is InChI=1S/C52H66O2S8/c1-7-11-15-19-23-37-31-45(51-39(25-21-17-13-9-3)33-47(61-51)55-35(5)53)59-49(37)43-29-27-41(57-43)42-28-30-44(58-42)50-38(24-20-16-12-8-2)32-46(60-50)52-40(26-22-18-14-10-4)34-48(62-52)56-36(6)54/h27-34H,7-26H2,1-6H3. The lowest BCUT2D eigenvalue weighted by atomic mass is 10.0. The number of thioether (sulfide) groups is 2. The van der Waals surface area contributed by atoms with Crippen molar-refractivity contribution in [2.45, 2.75) is 178 Å². The van der Waals surface area contributed by atoms with Crippen molar-refractivity contribution >= 4 is 102 Å². The molecule has 0 saturated heterocycles. The number of rotatable bonds is 27. The summed E-state index contributed by atoms with van der Waals surface area (Å²) in [6.07, 6.45) is 24.3. The van der Waals surface area contributed by atoms with E-state index < -0.39 is 0 Å². The van der Waals surface area contributed by atoms with E-state index >= 15 is 0 Å². The van der Waals surface area contributed by atoms with E-state index in [4.69, 9.17) is 0 Å². The summed E-state index contributed by atoms with van der Waals surface area (Å²) < 4.78 is 2.25. The highest BCUT2D eigenvalue weighted by atomic mass is 32.2. The Labute approximate surface area is 405 Å². The van der Waals surface area contributed by atoms with Gasteiger partial charge >= 0.3 is 0 Å². The van der Waals surface area contributed by atoms with Crippen molar-refractivity contribution in [3.63, 3.8) is 0 Å². The third kappa shape index (κ3) is 14.1. The molecule has 334 valence electrons. The van der Waals surface area contributed by atoms with Gasteiger partial charge in [-0.1, -0.05) is 105 Å². The van der Waals surface area contributed by atoms with Crippen LogP contribution in [0.1, 0.15) is 167 Å². The minimum Gasteiger partial charge on any atom is -0.287 e. The Morgan fingerprint density at radius 3 is 1.00 bits per heavy atom. The van der Waals surface area contributed by atoms with Crippen LogP contribution in [0.2, 0.25) is 0 Å². The van der Waals surface area contributed by atoms with E-state index in [0.717, 1.165) is 34.1 Å². The zero-order valence-corrected chi connectivity index (χ0v) is 44.4. The van der Waals surface area contributed by atoms with E-state index in [9.17, 15) is 9.59 Å². The van der Waals surface area contributed by atoms with Gasteiger partial charge in [-0.25, -0.2) is 0 Å². The lowest BCUT2D eigenvalue weighted by Gasteiger charge is -2.02. The predicted molar refractivity (Wildman–Crippen MR) is 285 cm³/mol. The maximum absolute atomic E-state index is 12.2. The molecule has 0 aliphatic heterocycles. The van der Waals surface area contributed by atoms with Crippen LogP contribution in [0.25, 0.3) is 48.8 Å². The van der Waals surface area contributed by atoms with Crippen LogP contribution in [-0.4, -0.2) is 10.2 Å². The van der Waals surface area contributed by atoms with Crippen LogP contribution in [0.3, 0.4) is 0 Å². The van der Waals surface area contributed by atoms with Crippen molar-refractivity contribution in [2.75, 3.05) is 0 Å². The highest BCUT2D eigenvalue weighted by Gasteiger charge is 2.22. The number of hydrogen-bond donors (Lipinski definition) is 0. The molecule has 0 amide bonds. The van der Waals surface area contributed by atoms with E-state index in [2.05, 4.69) is 76.2 Å². The van der Waals surface area contributed by atoms with E-state index in [-0.39, 0.29) is 10.2 Å². The number of unbranched alkanes of at least 4 members (excludes halogenated alkanes) is 12. The molecule has 0 unspecified atom stereocenters. The van der Waals surface area contributed by atoms with E-state index in [1.54, 1.807) is 13.8 Å². The first-order chi connectivity index (χ1) is 30.2. The monoisotopic (exact) mass is 978 g/mol. The zero-order valence-electron chi connectivity index (χ0n) is 37.8. The van der Waals surface area contributed by atoms with Crippen LogP contribution in [-0.2, 0) is 35.3 Å². The third-order valence-corrected chi connectivity index (χ3v) is 20.8. The molecule has 6 aromatic rings. The van der Waals surface area contributed by atoms with Gasteiger partial charge in [0.15, 0.2) is 10.2 Å². The molecule has 0 spiro atoms. The molecule has 0 N–H and O–H groups in total. The van der Waals surface area contributed by atoms with Gasteiger partial charge in [0.2, 0.25) is 0 Å². The molecule has 0 bridgehead atoms. The number of thiophene rings is 6. The molecule has 0 fully saturated rings. The summed E-state index contributed by atoms with van der Waals surface area (Å²) in [5, 5.41) is 0.321.